The zero-order valence-electron chi connectivity index (χ0n) is 16.1. The maximum Gasteiger partial charge on any atom is 0.294 e. The van der Waals surface area contributed by atoms with E-state index in [2.05, 4.69) is 25.2 Å². The molecule has 2 bridgehead atoms. The summed E-state index contributed by atoms with van der Waals surface area (Å²) in [6.07, 6.45) is 2.25. The molecule has 1 aromatic rings. The van der Waals surface area contributed by atoms with Crippen molar-refractivity contribution in [3.8, 4) is 0 Å². The fourth-order valence-corrected chi connectivity index (χ4v) is 4.38. The van der Waals surface area contributed by atoms with E-state index in [1.165, 1.54) is 0 Å². The predicted molar refractivity (Wildman–Crippen MR) is 109 cm³/mol. The molecule has 0 saturated carbocycles. The third-order valence-electron chi connectivity index (χ3n) is 6.09. The molecule has 9 heteroatoms. The highest BCUT2D eigenvalue weighted by Gasteiger charge is 2.31. The zero-order chi connectivity index (χ0) is 19.5. The van der Waals surface area contributed by atoms with Gasteiger partial charge in [0.1, 0.15) is 5.69 Å². The van der Waals surface area contributed by atoms with Crippen LogP contribution in [0.2, 0.25) is 0 Å². The van der Waals surface area contributed by atoms with Crippen LogP contribution in [0.1, 0.15) is 12.8 Å². The topological polar surface area (TPSA) is 97.5 Å². The Balaban J connectivity index is 1.49. The minimum absolute atomic E-state index is 0.0493. The average Bonchev–Trinajstić information content (AvgIpc) is 2.73. The molecule has 4 saturated heterocycles. The number of nitrogens with one attached hydrogen (secondary N) is 1. The summed E-state index contributed by atoms with van der Waals surface area (Å²) in [6, 6.07) is 5.21. The number of nitro groups is 1. The molecule has 0 amide bonds. The van der Waals surface area contributed by atoms with Crippen LogP contribution in [0.4, 0.5) is 17.1 Å². The number of aliphatic hydroxyl groups is 1. The molecular formula is C19H28N6O3. The second-order valence-corrected chi connectivity index (χ2v) is 7.78. The van der Waals surface area contributed by atoms with Gasteiger partial charge in [0.15, 0.2) is 0 Å². The molecule has 9 nitrogen and oxygen atoms in total. The van der Waals surface area contributed by atoms with E-state index in [0.717, 1.165) is 70.1 Å². The fraction of sp³-hybridized carbons (Fsp3) is 0.632. The summed E-state index contributed by atoms with van der Waals surface area (Å²) in [5, 5.41) is 25.1. The Morgan fingerprint density at radius 2 is 1.93 bits per heavy atom. The van der Waals surface area contributed by atoms with Crippen LogP contribution in [-0.2, 0) is 0 Å². The van der Waals surface area contributed by atoms with E-state index in [1.54, 1.807) is 6.07 Å². The number of hydrazone groups is 1. The normalized spacial score (nSPS) is 26.6. The van der Waals surface area contributed by atoms with Gasteiger partial charge in [0.05, 0.1) is 17.2 Å². The van der Waals surface area contributed by atoms with Crippen LogP contribution in [0, 0.1) is 16.0 Å². The van der Waals surface area contributed by atoms with Crippen molar-refractivity contribution in [2.75, 3.05) is 69.3 Å². The number of aliphatic hydroxyl groups excluding tert-OH is 1. The van der Waals surface area contributed by atoms with E-state index in [4.69, 9.17) is 5.11 Å². The van der Waals surface area contributed by atoms with Gasteiger partial charge in [-0.3, -0.25) is 25.3 Å². The number of nitrogens with zero attached hydrogens (tertiary/aromatic N) is 5. The van der Waals surface area contributed by atoms with E-state index < -0.39 is 0 Å². The second-order valence-electron chi connectivity index (χ2n) is 7.78. The maximum atomic E-state index is 11.5. The highest BCUT2D eigenvalue weighted by Crippen LogP contribution is 2.31. The highest BCUT2D eigenvalue weighted by atomic mass is 16.6. The first-order valence-electron chi connectivity index (χ1n) is 10.1. The van der Waals surface area contributed by atoms with Gasteiger partial charge in [-0.1, -0.05) is 0 Å². The zero-order valence-corrected chi connectivity index (χ0v) is 16.1. The summed E-state index contributed by atoms with van der Waals surface area (Å²) in [4.78, 5) is 17.9. The molecule has 4 heterocycles. The number of hydrogen-bond donors (Lipinski definition) is 2. The molecular weight excluding hydrogens is 360 g/mol. The smallest absolute Gasteiger partial charge is 0.294 e. The molecule has 0 atom stereocenters. The minimum atomic E-state index is -0.359. The van der Waals surface area contributed by atoms with Gasteiger partial charge in [-0.15, -0.1) is 0 Å². The number of piperidine rings is 3. The van der Waals surface area contributed by atoms with E-state index in [-0.39, 0.29) is 17.2 Å². The third-order valence-corrected chi connectivity index (χ3v) is 6.09. The predicted octanol–water partition coefficient (Wildman–Crippen LogP) is 1.20. The summed E-state index contributed by atoms with van der Waals surface area (Å²) >= 11 is 0. The number of rotatable bonds is 6. The van der Waals surface area contributed by atoms with Crippen LogP contribution in [0.5, 0.6) is 0 Å². The van der Waals surface area contributed by atoms with Crippen LogP contribution in [0.3, 0.4) is 0 Å². The van der Waals surface area contributed by atoms with Crippen molar-refractivity contribution in [3.05, 3.63) is 28.3 Å². The molecule has 0 aromatic heterocycles. The fourth-order valence-electron chi connectivity index (χ4n) is 4.38. The molecule has 0 radical (unpaired) electrons. The molecule has 0 aliphatic carbocycles. The van der Waals surface area contributed by atoms with Crippen LogP contribution in [0.25, 0.3) is 0 Å². The van der Waals surface area contributed by atoms with Crippen LogP contribution in [0.15, 0.2) is 23.3 Å². The number of benzene rings is 1. The number of fused-ring (bicyclic) bond motifs is 3. The van der Waals surface area contributed by atoms with E-state index in [9.17, 15) is 10.1 Å². The number of hydrogen-bond acceptors (Lipinski definition) is 8. The Labute approximate surface area is 164 Å². The first kappa shape index (κ1) is 19.1. The average molecular weight is 388 g/mol. The van der Waals surface area contributed by atoms with Gasteiger partial charge in [-0.25, -0.2) is 0 Å². The van der Waals surface area contributed by atoms with Gasteiger partial charge in [-0.2, -0.15) is 5.10 Å². The largest absolute Gasteiger partial charge is 0.395 e. The lowest BCUT2D eigenvalue weighted by atomic mass is 9.87. The summed E-state index contributed by atoms with van der Waals surface area (Å²) in [6.45, 7) is 7.40. The molecule has 1 aromatic carbocycles. The second kappa shape index (κ2) is 8.42. The first-order valence-corrected chi connectivity index (χ1v) is 10.1. The van der Waals surface area contributed by atoms with Crippen LogP contribution < -0.4 is 10.3 Å². The third kappa shape index (κ3) is 4.11. The van der Waals surface area contributed by atoms with Crippen molar-refractivity contribution in [3.63, 3.8) is 0 Å². The van der Waals surface area contributed by atoms with Gasteiger partial charge in [0.2, 0.25) is 0 Å². The Hall–Kier alpha value is -2.23. The van der Waals surface area contributed by atoms with Crippen molar-refractivity contribution in [1.29, 1.82) is 0 Å². The Bertz CT molecular complexity index is 739. The maximum absolute atomic E-state index is 11.5. The number of piperazine rings is 1. The quantitative estimate of drug-likeness (QED) is 0.558. The number of anilines is 2. The van der Waals surface area contributed by atoms with Crippen molar-refractivity contribution >= 4 is 22.8 Å². The summed E-state index contributed by atoms with van der Waals surface area (Å²) in [5.74, 6) is 0.499. The molecule has 28 heavy (non-hydrogen) atoms. The van der Waals surface area contributed by atoms with Gasteiger partial charge in [0, 0.05) is 56.9 Å². The molecule has 5 rings (SSSR count). The van der Waals surface area contributed by atoms with E-state index >= 15 is 0 Å². The minimum Gasteiger partial charge on any atom is -0.395 e. The van der Waals surface area contributed by atoms with Gasteiger partial charge < -0.3 is 10.0 Å². The van der Waals surface area contributed by atoms with Crippen molar-refractivity contribution in [2.45, 2.75) is 12.8 Å². The summed E-state index contributed by atoms with van der Waals surface area (Å²) in [7, 11) is 0. The Morgan fingerprint density at radius 3 is 2.54 bits per heavy atom. The molecule has 0 unspecified atom stereocenters. The Morgan fingerprint density at radius 1 is 1.18 bits per heavy atom. The molecule has 4 fully saturated rings. The SMILES string of the molecule is O=[N+]([O-])c1ccc(N2CCN(CCO)CC2)cc1N/N=C1\CN2CCC1CC2. The standard InChI is InChI=1S/C19H28N6O3/c26-12-11-22-7-9-24(10-8-22)16-1-2-19(25(27)28)17(13-16)20-21-18-14-23-5-3-15(18)4-6-23/h1-2,13,15,20,26H,3-12,14H2/b21-18+. The van der Waals surface area contributed by atoms with Crippen LogP contribution >= 0.6 is 0 Å². The van der Waals surface area contributed by atoms with Gasteiger partial charge in [-0.05, 0) is 38.1 Å². The van der Waals surface area contributed by atoms with Crippen LogP contribution in [-0.4, -0.2) is 84.5 Å². The Kier molecular flexibility index (Phi) is 5.74. The first-order chi connectivity index (χ1) is 13.6. The number of β-amino-alcohol motifs (C(OH)–C–C–N with tert-alkyl or cyclic N) is 1. The summed E-state index contributed by atoms with van der Waals surface area (Å²) < 4.78 is 0. The van der Waals surface area contributed by atoms with Crippen molar-refractivity contribution < 1.29 is 10.0 Å². The highest BCUT2D eigenvalue weighted by molar-refractivity contribution is 5.90. The van der Waals surface area contributed by atoms with Crippen molar-refractivity contribution in [1.82, 2.24) is 9.80 Å². The van der Waals surface area contributed by atoms with Gasteiger partial charge in [0.25, 0.3) is 5.69 Å². The molecule has 0 spiro atoms. The van der Waals surface area contributed by atoms with E-state index in [0.29, 0.717) is 18.2 Å². The molecule has 2 N–H and O–H groups in total. The monoisotopic (exact) mass is 388 g/mol. The molecule has 4 aliphatic heterocycles. The van der Waals surface area contributed by atoms with E-state index in [1.807, 2.05) is 12.1 Å². The number of nitro benzene ring substituents is 1. The lowest BCUT2D eigenvalue weighted by molar-refractivity contribution is -0.383. The lowest BCUT2D eigenvalue weighted by Gasteiger charge is -2.39. The van der Waals surface area contributed by atoms with Crippen molar-refractivity contribution in [2.24, 2.45) is 11.0 Å². The van der Waals surface area contributed by atoms with Gasteiger partial charge >= 0.3 is 0 Å². The molecule has 4 aliphatic rings. The lowest BCUT2D eigenvalue weighted by Crippen LogP contribution is -2.48. The summed E-state index contributed by atoms with van der Waals surface area (Å²) in [5.41, 5.74) is 5.58. The molecule has 152 valence electrons.